The highest BCUT2D eigenvalue weighted by Gasteiger charge is 2.36. The third kappa shape index (κ3) is 3.01. The molecule has 124 valence electrons. The third-order valence-electron chi connectivity index (χ3n) is 4.07. The van der Waals surface area contributed by atoms with E-state index in [9.17, 15) is 8.42 Å². The topological polar surface area (TPSA) is 55.2 Å². The first-order chi connectivity index (χ1) is 10.8. The summed E-state index contributed by atoms with van der Waals surface area (Å²) in [4.78, 5) is -0.00173. The van der Waals surface area contributed by atoms with E-state index in [4.69, 9.17) is 23.2 Å². The van der Waals surface area contributed by atoms with E-state index >= 15 is 0 Å². The fraction of sp³-hybridized carbons (Fsp3) is 0.400. The van der Waals surface area contributed by atoms with Crippen LogP contribution in [0.4, 0.5) is 0 Å². The van der Waals surface area contributed by atoms with Crippen LogP contribution in [0, 0.1) is 13.8 Å². The normalized spacial score (nSPS) is 19.4. The van der Waals surface area contributed by atoms with Crippen molar-refractivity contribution < 1.29 is 8.42 Å². The predicted octanol–water partition coefficient (Wildman–Crippen LogP) is 3.44. The Labute approximate surface area is 145 Å². The monoisotopic (exact) mass is 373 g/mol. The van der Waals surface area contributed by atoms with Crippen molar-refractivity contribution in [2.75, 3.05) is 13.1 Å². The molecule has 1 aliphatic rings. The molecule has 8 heteroatoms. The largest absolute Gasteiger partial charge is 0.268 e. The molecular formula is C15H17Cl2N3O2S. The lowest BCUT2D eigenvalue weighted by atomic mass is 10.2. The number of hydrogen-bond donors (Lipinski definition) is 0. The number of nitrogens with zero attached hydrogens (tertiary/aromatic N) is 3. The molecule has 5 nitrogen and oxygen atoms in total. The second-order valence-corrected chi connectivity index (χ2v) is 8.47. The molecule has 3 rings (SSSR count). The van der Waals surface area contributed by atoms with Crippen molar-refractivity contribution in [2.45, 2.75) is 31.2 Å². The number of benzene rings is 1. The molecule has 0 radical (unpaired) electrons. The third-order valence-corrected chi connectivity index (χ3v) is 7.05. The summed E-state index contributed by atoms with van der Waals surface area (Å²) in [5.74, 6) is 0. The highest BCUT2D eigenvalue weighted by atomic mass is 35.5. The first kappa shape index (κ1) is 16.8. The molecule has 0 amide bonds. The minimum absolute atomic E-state index is 0.00173. The Kier molecular flexibility index (Phi) is 4.44. The van der Waals surface area contributed by atoms with Gasteiger partial charge in [-0.1, -0.05) is 29.3 Å². The summed E-state index contributed by atoms with van der Waals surface area (Å²) in [7, 11) is -3.73. The van der Waals surface area contributed by atoms with E-state index < -0.39 is 10.0 Å². The van der Waals surface area contributed by atoms with Gasteiger partial charge >= 0.3 is 0 Å². The van der Waals surface area contributed by atoms with Crippen molar-refractivity contribution in [3.05, 3.63) is 45.7 Å². The number of halogens is 2. The maximum Gasteiger partial charge on any atom is 0.246 e. The zero-order chi connectivity index (χ0) is 16.8. The molecule has 2 heterocycles. The summed E-state index contributed by atoms with van der Waals surface area (Å²) in [5.41, 5.74) is 1.74. The van der Waals surface area contributed by atoms with Crippen LogP contribution in [0.5, 0.6) is 0 Å². The van der Waals surface area contributed by atoms with Gasteiger partial charge in [0.1, 0.15) is 4.90 Å². The minimum Gasteiger partial charge on any atom is -0.268 e. The van der Waals surface area contributed by atoms with Crippen LogP contribution < -0.4 is 0 Å². The molecule has 1 saturated heterocycles. The lowest BCUT2D eigenvalue weighted by Gasteiger charge is -2.19. The van der Waals surface area contributed by atoms with Crippen LogP contribution in [0.25, 0.3) is 0 Å². The molecule has 1 aliphatic heterocycles. The van der Waals surface area contributed by atoms with Gasteiger partial charge in [0.2, 0.25) is 10.0 Å². The van der Waals surface area contributed by atoms with Crippen molar-refractivity contribution >= 4 is 33.2 Å². The fourth-order valence-electron chi connectivity index (χ4n) is 2.77. The van der Waals surface area contributed by atoms with E-state index in [1.165, 1.54) is 4.31 Å². The summed E-state index contributed by atoms with van der Waals surface area (Å²) in [6.07, 6.45) is 4.40. The second kappa shape index (κ2) is 6.09. The average molecular weight is 374 g/mol. The Balaban J connectivity index is 1.92. The molecule has 1 aromatic heterocycles. The smallest absolute Gasteiger partial charge is 0.246 e. The molecule has 0 N–H and O–H groups in total. The van der Waals surface area contributed by atoms with Crippen LogP contribution in [-0.4, -0.2) is 35.6 Å². The highest BCUT2D eigenvalue weighted by molar-refractivity contribution is 7.89. The summed E-state index contributed by atoms with van der Waals surface area (Å²) in [5, 5.41) is 4.62. The Morgan fingerprint density at radius 1 is 1.26 bits per heavy atom. The Morgan fingerprint density at radius 2 is 2.00 bits per heavy atom. The van der Waals surface area contributed by atoms with Crippen molar-refractivity contribution in [3.63, 3.8) is 0 Å². The Hall–Kier alpha value is -1.08. The van der Waals surface area contributed by atoms with Crippen LogP contribution >= 0.6 is 23.2 Å². The van der Waals surface area contributed by atoms with E-state index in [1.54, 1.807) is 25.3 Å². The standard InChI is InChI=1S/C15H17Cl2N3O2S/c1-10-7-18-20(8-10)12-5-6-19(9-12)23(21,22)15-13(16)4-3-11(2)14(15)17/h3-4,7-8,12H,5-6,9H2,1-2H3. The molecule has 1 aromatic carbocycles. The van der Waals surface area contributed by atoms with Crippen LogP contribution in [0.2, 0.25) is 10.0 Å². The lowest BCUT2D eigenvalue weighted by Crippen LogP contribution is -2.30. The highest BCUT2D eigenvalue weighted by Crippen LogP contribution is 2.36. The van der Waals surface area contributed by atoms with Gasteiger partial charge in [0.05, 0.1) is 22.3 Å². The lowest BCUT2D eigenvalue weighted by molar-refractivity contribution is 0.434. The van der Waals surface area contributed by atoms with E-state index in [1.807, 2.05) is 17.8 Å². The summed E-state index contributed by atoms with van der Waals surface area (Å²) < 4.78 is 29.1. The van der Waals surface area contributed by atoms with Gasteiger partial charge in [-0.05, 0) is 37.5 Å². The van der Waals surface area contributed by atoms with Gasteiger partial charge in [-0.2, -0.15) is 9.40 Å². The molecule has 0 spiro atoms. The van der Waals surface area contributed by atoms with Gasteiger partial charge in [-0.25, -0.2) is 8.42 Å². The van der Waals surface area contributed by atoms with Crippen molar-refractivity contribution in [1.82, 2.24) is 14.1 Å². The molecule has 1 fully saturated rings. The van der Waals surface area contributed by atoms with Crippen molar-refractivity contribution in [2.24, 2.45) is 0 Å². The SMILES string of the molecule is Cc1cnn(C2CCN(S(=O)(=O)c3c(Cl)ccc(C)c3Cl)C2)c1. The van der Waals surface area contributed by atoms with E-state index in [0.717, 1.165) is 5.56 Å². The van der Waals surface area contributed by atoms with Crippen LogP contribution in [0.15, 0.2) is 29.4 Å². The number of aryl methyl sites for hydroxylation is 2. The molecule has 1 unspecified atom stereocenters. The summed E-state index contributed by atoms with van der Waals surface area (Å²) >= 11 is 12.3. The van der Waals surface area contributed by atoms with Crippen molar-refractivity contribution in [1.29, 1.82) is 0 Å². The van der Waals surface area contributed by atoms with Gasteiger partial charge in [0.15, 0.2) is 0 Å². The van der Waals surface area contributed by atoms with E-state index in [2.05, 4.69) is 5.10 Å². The number of aromatic nitrogens is 2. The van der Waals surface area contributed by atoms with Gasteiger partial charge < -0.3 is 0 Å². The number of rotatable bonds is 3. The van der Waals surface area contributed by atoms with E-state index in [-0.39, 0.29) is 21.0 Å². The molecule has 0 saturated carbocycles. The molecule has 0 bridgehead atoms. The average Bonchev–Trinajstić information content (AvgIpc) is 3.12. The Bertz CT molecular complexity index is 848. The minimum atomic E-state index is -3.73. The van der Waals surface area contributed by atoms with Gasteiger partial charge in [0, 0.05) is 19.3 Å². The number of sulfonamides is 1. The maximum atomic E-state index is 12.9. The maximum absolute atomic E-state index is 12.9. The van der Waals surface area contributed by atoms with Crippen LogP contribution in [0.1, 0.15) is 23.6 Å². The summed E-state index contributed by atoms with van der Waals surface area (Å²) in [6.45, 7) is 4.51. The molecular weight excluding hydrogens is 357 g/mol. The fourth-order valence-corrected chi connectivity index (χ4v) is 5.40. The molecule has 0 aliphatic carbocycles. The van der Waals surface area contributed by atoms with Crippen LogP contribution in [0.3, 0.4) is 0 Å². The van der Waals surface area contributed by atoms with Gasteiger partial charge in [0.25, 0.3) is 0 Å². The first-order valence-corrected chi connectivity index (χ1v) is 9.46. The zero-order valence-electron chi connectivity index (χ0n) is 12.8. The molecule has 23 heavy (non-hydrogen) atoms. The van der Waals surface area contributed by atoms with Crippen molar-refractivity contribution in [3.8, 4) is 0 Å². The Morgan fingerprint density at radius 3 is 2.65 bits per heavy atom. The zero-order valence-corrected chi connectivity index (χ0v) is 15.2. The van der Waals surface area contributed by atoms with Crippen LogP contribution in [-0.2, 0) is 10.0 Å². The first-order valence-electron chi connectivity index (χ1n) is 7.26. The predicted molar refractivity (Wildman–Crippen MR) is 90.6 cm³/mol. The summed E-state index contributed by atoms with van der Waals surface area (Å²) in [6, 6.07) is 3.31. The quantitative estimate of drug-likeness (QED) is 0.827. The molecule has 2 aromatic rings. The van der Waals surface area contributed by atoms with E-state index in [0.29, 0.717) is 25.1 Å². The second-order valence-electron chi connectivity index (χ2n) is 5.81. The number of hydrogen-bond acceptors (Lipinski definition) is 3. The van der Waals surface area contributed by atoms with Gasteiger partial charge in [-0.3, -0.25) is 4.68 Å². The molecule has 1 atom stereocenters. The van der Waals surface area contributed by atoms with Gasteiger partial charge in [-0.15, -0.1) is 0 Å².